The third-order valence-corrected chi connectivity index (χ3v) is 4.08. The summed E-state index contributed by atoms with van der Waals surface area (Å²) in [5, 5.41) is 0.745. The molecule has 0 unspecified atom stereocenters. The number of rotatable bonds is 4. The number of ether oxygens (including phenoxy) is 1. The predicted molar refractivity (Wildman–Crippen MR) is 89.9 cm³/mol. The fourth-order valence-corrected chi connectivity index (χ4v) is 3.03. The van der Waals surface area contributed by atoms with Gasteiger partial charge in [0.1, 0.15) is 5.75 Å². The van der Waals surface area contributed by atoms with Crippen LogP contribution in [0.3, 0.4) is 0 Å². The first kappa shape index (κ1) is 15.8. The van der Waals surface area contributed by atoms with Crippen molar-refractivity contribution in [1.29, 1.82) is 0 Å². The Hall–Kier alpha value is -1.60. The molecule has 2 aromatic rings. The second-order valence-corrected chi connectivity index (χ2v) is 5.76. The van der Waals surface area contributed by atoms with E-state index in [4.69, 9.17) is 22.1 Å². The van der Waals surface area contributed by atoms with Gasteiger partial charge in [-0.2, -0.15) is 0 Å². The van der Waals surface area contributed by atoms with Gasteiger partial charge < -0.3 is 10.5 Å². The largest absolute Gasteiger partial charge is 0.496 e. The Kier molecular flexibility index (Phi) is 6.01. The van der Waals surface area contributed by atoms with Crippen LogP contribution < -0.4 is 10.5 Å². The fraction of sp³-hybridized carbons (Fsp3) is 0.176. The highest BCUT2D eigenvalue weighted by atomic mass is 35.5. The Labute approximate surface area is 134 Å². The summed E-state index contributed by atoms with van der Waals surface area (Å²) < 4.78 is 5.40. The third kappa shape index (κ3) is 4.71. The Morgan fingerprint density at radius 2 is 2.10 bits per heavy atom. The van der Waals surface area contributed by atoms with Crippen LogP contribution in [-0.2, 0) is 5.75 Å². The van der Waals surface area contributed by atoms with E-state index < -0.39 is 0 Å². The summed E-state index contributed by atoms with van der Waals surface area (Å²) in [6.07, 6.45) is 0. The summed E-state index contributed by atoms with van der Waals surface area (Å²) in [5.74, 6) is 7.56. The van der Waals surface area contributed by atoms with Gasteiger partial charge in [0.2, 0.25) is 0 Å². The highest BCUT2D eigenvalue weighted by Crippen LogP contribution is 2.29. The van der Waals surface area contributed by atoms with Crippen molar-refractivity contribution in [1.82, 2.24) is 0 Å². The van der Waals surface area contributed by atoms with Crippen molar-refractivity contribution in [2.75, 3.05) is 13.7 Å². The minimum Gasteiger partial charge on any atom is -0.496 e. The zero-order valence-electron chi connectivity index (χ0n) is 11.7. The predicted octanol–water partition coefficient (Wildman–Crippen LogP) is 3.95. The molecule has 0 aliphatic rings. The molecule has 0 spiro atoms. The van der Waals surface area contributed by atoms with Gasteiger partial charge in [-0.3, -0.25) is 0 Å². The van der Waals surface area contributed by atoms with E-state index in [0.29, 0.717) is 6.54 Å². The average molecular weight is 318 g/mol. The molecule has 2 rings (SSSR count). The monoisotopic (exact) mass is 317 g/mol. The molecule has 2 aromatic carbocycles. The molecule has 2 N–H and O–H groups in total. The van der Waals surface area contributed by atoms with Crippen LogP contribution >= 0.6 is 23.4 Å². The van der Waals surface area contributed by atoms with Crippen LogP contribution in [0.25, 0.3) is 0 Å². The van der Waals surface area contributed by atoms with E-state index in [0.717, 1.165) is 32.5 Å². The average Bonchev–Trinajstić information content (AvgIpc) is 2.51. The molecule has 0 amide bonds. The van der Waals surface area contributed by atoms with Crippen LogP contribution in [0.2, 0.25) is 5.02 Å². The Morgan fingerprint density at radius 3 is 2.81 bits per heavy atom. The van der Waals surface area contributed by atoms with E-state index in [-0.39, 0.29) is 0 Å². The molecular weight excluding hydrogens is 302 g/mol. The van der Waals surface area contributed by atoms with E-state index in [9.17, 15) is 0 Å². The summed E-state index contributed by atoms with van der Waals surface area (Å²) in [6.45, 7) is 0.360. The molecule has 0 bridgehead atoms. The number of hydrogen-bond donors (Lipinski definition) is 1. The molecule has 21 heavy (non-hydrogen) atoms. The van der Waals surface area contributed by atoms with Gasteiger partial charge >= 0.3 is 0 Å². The fourth-order valence-electron chi connectivity index (χ4n) is 1.84. The van der Waals surface area contributed by atoms with Crippen LogP contribution in [0.1, 0.15) is 11.1 Å². The van der Waals surface area contributed by atoms with Crippen LogP contribution in [0, 0.1) is 11.8 Å². The molecule has 0 aliphatic carbocycles. The highest BCUT2D eigenvalue weighted by Gasteiger charge is 2.05. The molecule has 0 aliphatic heterocycles. The van der Waals surface area contributed by atoms with Crippen molar-refractivity contribution in [3.63, 3.8) is 0 Å². The minimum absolute atomic E-state index is 0.360. The second kappa shape index (κ2) is 7.99. The first-order valence-corrected chi connectivity index (χ1v) is 7.83. The molecule has 0 radical (unpaired) electrons. The smallest absolute Gasteiger partial charge is 0.122 e. The first-order chi connectivity index (χ1) is 10.2. The number of benzene rings is 2. The van der Waals surface area contributed by atoms with Crippen molar-refractivity contribution in [3.8, 4) is 17.6 Å². The zero-order chi connectivity index (χ0) is 15.1. The van der Waals surface area contributed by atoms with Crippen LogP contribution in [-0.4, -0.2) is 13.7 Å². The highest BCUT2D eigenvalue weighted by molar-refractivity contribution is 7.98. The molecule has 0 saturated heterocycles. The van der Waals surface area contributed by atoms with Crippen LogP contribution in [0.4, 0.5) is 0 Å². The molecule has 0 heterocycles. The zero-order valence-corrected chi connectivity index (χ0v) is 13.3. The summed E-state index contributed by atoms with van der Waals surface area (Å²) >= 11 is 7.71. The lowest BCUT2D eigenvalue weighted by atomic mass is 10.1. The summed E-state index contributed by atoms with van der Waals surface area (Å²) in [7, 11) is 1.67. The van der Waals surface area contributed by atoms with Gasteiger partial charge in [0.15, 0.2) is 0 Å². The number of nitrogens with two attached hydrogens (primary N) is 1. The van der Waals surface area contributed by atoms with E-state index in [1.165, 1.54) is 0 Å². The van der Waals surface area contributed by atoms with Crippen molar-refractivity contribution in [2.45, 2.75) is 10.6 Å². The summed E-state index contributed by atoms with van der Waals surface area (Å²) in [6, 6.07) is 13.7. The molecule has 0 atom stereocenters. The van der Waals surface area contributed by atoms with Gasteiger partial charge in [0, 0.05) is 26.8 Å². The molecule has 0 saturated carbocycles. The number of hydrogen-bond acceptors (Lipinski definition) is 3. The second-order valence-electron chi connectivity index (χ2n) is 4.28. The van der Waals surface area contributed by atoms with E-state index in [2.05, 4.69) is 11.8 Å². The van der Waals surface area contributed by atoms with Gasteiger partial charge in [0.25, 0.3) is 0 Å². The number of halogens is 1. The van der Waals surface area contributed by atoms with Gasteiger partial charge in [-0.05, 0) is 36.4 Å². The molecule has 4 heteroatoms. The van der Waals surface area contributed by atoms with Gasteiger partial charge in [0.05, 0.1) is 13.7 Å². The number of thioether (sulfide) groups is 1. The third-order valence-electron chi connectivity index (χ3n) is 2.81. The summed E-state index contributed by atoms with van der Waals surface area (Å²) in [5.41, 5.74) is 7.45. The Balaban J connectivity index is 2.17. The lowest BCUT2D eigenvalue weighted by Gasteiger charge is -2.09. The quantitative estimate of drug-likeness (QED) is 0.685. The lowest BCUT2D eigenvalue weighted by molar-refractivity contribution is 0.411. The molecule has 0 fully saturated rings. The van der Waals surface area contributed by atoms with E-state index in [1.54, 1.807) is 18.9 Å². The van der Waals surface area contributed by atoms with Crippen molar-refractivity contribution >= 4 is 23.4 Å². The number of methoxy groups -OCH3 is 1. The van der Waals surface area contributed by atoms with E-state index in [1.807, 2.05) is 42.5 Å². The normalized spacial score (nSPS) is 9.86. The van der Waals surface area contributed by atoms with Gasteiger partial charge in [-0.25, -0.2) is 0 Å². The topological polar surface area (TPSA) is 35.2 Å². The van der Waals surface area contributed by atoms with Crippen molar-refractivity contribution < 1.29 is 4.74 Å². The minimum atomic E-state index is 0.360. The van der Waals surface area contributed by atoms with Crippen LogP contribution in [0.15, 0.2) is 47.4 Å². The van der Waals surface area contributed by atoms with Crippen molar-refractivity contribution in [3.05, 3.63) is 58.6 Å². The van der Waals surface area contributed by atoms with Crippen LogP contribution in [0.5, 0.6) is 5.75 Å². The molecular formula is C17H16ClNOS. The summed E-state index contributed by atoms with van der Waals surface area (Å²) in [4.78, 5) is 1.13. The lowest BCUT2D eigenvalue weighted by Crippen LogP contribution is -1.94. The first-order valence-electron chi connectivity index (χ1n) is 6.47. The van der Waals surface area contributed by atoms with E-state index >= 15 is 0 Å². The standard InChI is InChI=1S/C17H16ClNOS/c1-20-17-8-7-13(4-3-9-19)10-14(17)12-21-16-6-2-5-15(18)11-16/h2,5-8,10-11H,9,12,19H2,1H3. The van der Waals surface area contributed by atoms with Gasteiger partial charge in [-0.1, -0.05) is 29.5 Å². The maximum absolute atomic E-state index is 6.00. The Morgan fingerprint density at radius 1 is 1.24 bits per heavy atom. The maximum atomic E-state index is 6.00. The SMILES string of the molecule is COc1ccc(C#CCN)cc1CSc1cccc(Cl)c1. The molecule has 0 aromatic heterocycles. The Bertz CT molecular complexity index is 676. The van der Waals surface area contributed by atoms with Gasteiger partial charge in [-0.15, -0.1) is 11.8 Å². The van der Waals surface area contributed by atoms with Crippen molar-refractivity contribution in [2.24, 2.45) is 5.73 Å². The molecule has 108 valence electrons. The maximum Gasteiger partial charge on any atom is 0.122 e. The molecule has 2 nitrogen and oxygen atoms in total.